The molecule has 4 aromatic rings. The Hall–Kier alpha value is -2.18. The molecule has 0 fully saturated rings. The van der Waals surface area contributed by atoms with E-state index in [0.717, 1.165) is 22.9 Å². The number of nitrogens with zero attached hydrogens (tertiary/aromatic N) is 4. The molecular weight excluding hydrogens is 574 g/mol. The van der Waals surface area contributed by atoms with Gasteiger partial charge in [-0.1, -0.05) is 24.3 Å². The van der Waals surface area contributed by atoms with Crippen molar-refractivity contribution in [2.24, 2.45) is 10.2 Å². The van der Waals surface area contributed by atoms with Crippen LogP contribution in [0.5, 0.6) is 5.88 Å². The number of carbonyl (C=O) groups excluding carboxylic acids is 1. The van der Waals surface area contributed by atoms with E-state index >= 15 is 0 Å². The summed E-state index contributed by atoms with van der Waals surface area (Å²) in [7, 11) is -9.49. The molecule has 0 atom stereocenters. The Balaban J connectivity index is 0.00000267. The number of hydrogen-bond donors (Lipinski definition) is 1. The molecule has 0 spiro atoms. The number of aromatic hydroxyl groups is 1. The third-order valence-corrected chi connectivity index (χ3v) is 6.81. The predicted molar refractivity (Wildman–Crippen MR) is 125 cm³/mol. The first-order valence-corrected chi connectivity index (χ1v) is 13.2. The van der Waals surface area contributed by atoms with Crippen LogP contribution in [0.3, 0.4) is 0 Å². The molecule has 0 aliphatic rings. The van der Waals surface area contributed by atoms with Crippen LogP contribution in [0.1, 0.15) is 17.4 Å². The second-order valence-corrected chi connectivity index (χ2v) is 10.1. The third kappa shape index (κ3) is 7.13. The first-order chi connectivity index (χ1) is 17.4. The van der Waals surface area contributed by atoms with Gasteiger partial charge in [0.25, 0.3) is 0 Å². The average molecular weight is 591 g/mol. The van der Waals surface area contributed by atoms with Gasteiger partial charge in [-0.25, -0.2) is 21.6 Å². The number of aromatic nitrogens is 2. The number of ether oxygens (including phenoxy) is 1. The molecule has 1 aromatic heterocycles. The number of azo groups is 1. The maximum Gasteiger partial charge on any atom is 1.00 e. The van der Waals surface area contributed by atoms with E-state index in [1.165, 1.54) is 36.4 Å². The minimum absolute atomic E-state index is 0. The van der Waals surface area contributed by atoms with Gasteiger partial charge in [0, 0.05) is 10.8 Å². The van der Waals surface area contributed by atoms with Crippen molar-refractivity contribution in [1.29, 1.82) is 0 Å². The van der Waals surface area contributed by atoms with E-state index in [2.05, 4.69) is 15.3 Å². The molecule has 1 N–H and O–H groups in total. The van der Waals surface area contributed by atoms with Crippen molar-refractivity contribution in [3.05, 3.63) is 66.4 Å². The Labute approximate surface area is 267 Å². The molecule has 192 valence electrons. The first-order valence-electron chi connectivity index (χ1n) is 10.4. The quantitative estimate of drug-likeness (QED) is 0.101. The van der Waals surface area contributed by atoms with Crippen molar-refractivity contribution in [2.75, 3.05) is 6.61 Å². The van der Waals surface area contributed by atoms with Gasteiger partial charge in [-0.3, -0.25) is 0 Å². The summed E-state index contributed by atoms with van der Waals surface area (Å²) in [5.74, 6) is -1.60. The molecule has 0 bridgehead atoms. The zero-order chi connectivity index (χ0) is 27.0. The molecule has 17 heteroatoms. The van der Waals surface area contributed by atoms with Gasteiger partial charge in [0.15, 0.2) is 5.69 Å². The van der Waals surface area contributed by atoms with E-state index in [1.54, 1.807) is 13.0 Å². The number of hydrogen-bond acceptors (Lipinski definition) is 12. The van der Waals surface area contributed by atoms with Crippen molar-refractivity contribution in [1.82, 2.24) is 9.78 Å². The van der Waals surface area contributed by atoms with Crippen LogP contribution in [-0.2, 0) is 25.0 Å². The Morgan fingerprint density at radius 1 is 0.923 bits per heavy atom. The molecule has 13 nitrogen and oxygen atoms in total. The first kappa shape index (κ1) is 33.0. The zero-order valence-electron chi connectivity index (χ0n) is 20.8. The summed E-state index contributed by atoms with van der Waals surface area (Å²) in [6, 6.07) is 12.7. The Morgan fingerprint density at radius 3 is 2.10 bits per heavy atom. The third-order valence-electron chi connectivity index (χ3n) is 5.06. The van der Waals surface area contributed by atoms with Crippen LogP contribution in [0, 0.1) is 0 Å². The van der Waals surface area contributed by atoms with Crippen LogP contribution in [0.25, 0.3) is 16.5 Å². The fraction of sp³-hybridized carbons (Fsp3) is 0.0909. The van der Waals surface area contributed by atoms with Crippen molar-refractivity contribution in [2.45, 2.75) is 16.7 Å². The summed E-state index contributed by atoms with van der Waals surface area (Å²) in [6.07, 6.45) is 0. The minimum Gasteiger partial charge on any atom is -0.744 e. The van der Waals surface area contributed by atoms with Gasteiger partial charge in [-0.15, -0.1) is 10.2 Å². The number of fused-ring (bicyclic) bond motifs is 1. The molecule has 0 aliphatic carbocycles. The van der Waals surface area contributed by atoms with Crippen molar-refractivity contribution in [3.8, 4) is 11.6 Å². The smallest absolute Gasteiger partial charge is 0.744 e. The Kier molecular flexibility index (Phi) is 11.0. The van der Waals surface area contributed by atoms with Crippen LogP contribution in [0.2, 0.25) is 0 Å². The molecule has 1 heterocycles. The largest absolute Gasteiger partial charge is 1.00 e. The normalized spacial score (nSPS) is 11.7. The van der Waals surface area contributed by atoms with E-state index in [1.807, 2.05) is 0 Å². The minimum atomic E-state index is -4.78. The summed E-state index contributed by atoms with van der Waals surface area (Å²) >= 11 is 0. The van der Waals surface area contributed by atoms with Crippen molar-refractivity contribution in [3.63, 3.8) is 0 Å². The van der Waals surface area contributed by atoms with E-state index in [0.29, 0.717) is 0 Å². The number of benzene rings is 3. The van der Waals surface area contributed by atoms with E-state index in [4.69, 9.17) is 4.74 Å². The van der Waals surface area contributed by atoms with Gasteiger partial charge in [-0.2, -0.15) is 9.78 Å². The fourth-order valence-electron chi connectivity index (χ4n) is 3.43. The Morgan fingerprint density at radius 2 is 1.54 bits per heavy atom. The van der Waals surface area contributed by atoms with Crippen LogP contribution in [0.4, 0.5) is 11.4 Å². The molecule has 39 heavy (non-hydrogen) atoms. The average Bonchev–Trinajstić information content (AvgIpc) is 3.17. The molecule has 3 aromatic carbocycles. The van der Waals surface area contributed by atoms with Crippen LogP contribution >= 0.6 is 0 Å². The van der Waals surface area contributed by atoms with Crippen molar-refractivity contribution >= 4 is 48.4 Å². The molecule has 0 saturated carbocycles. The molecule has 0 saturated heterocycles. The Bertz CT molecular complexity index is 1770. The molecule has 4 rings (SSSR count). The van der Waals surface area contributed by atoms with Gasteiger partial charge < -0.3 is 18.9 Å². The van der Waals surface area contributed by atoms with Crippen LogP contribution in [-0.4, -0.2) is 53.4 Å². The van der Waals surface area contributed by atoms with E-state index in [-0.39, 0.29) is 87.9 Å². The fourth-order valence-corrected chi connectivity index (χ4v) is 4.58. The predicted octanol–water partition coefficient (Wildman–Crippen LogP) is -2.86. The maximum absolute atomic E-state index is 12.5. The molecule has 0 unspecified atom stereocenters. The number of carbonyl (C=O) groups is 1. The summed E-state index contributed by atoms with van der Waals surface area (Å²) in [6.45, 7) is 1.53. The summed E-state index contributed by atoms with van der Waals surface area (Å²) < 4.78 is 74.3. The number of esters is 1. The molecule has 0 amide bonds. The van der Waals surface area contributed by atoms with Crippen LogP contribution < -0.4 is 59.1 Å². The molecule has 0 aliphatic heterocycles. The summed E-state index contributed by atoms with van der Waals surface area (Å²) in [5, 5.41) is 23.1. The second-order valence-electron chi connectivity index (χ2n) is 7.38. The molecule has 0 radical (unpaired) electrons. The van der Waals surface area contributed by atoms with Crippen LogP contribution in [0.15, 0.2) is 80.7 Å². The number of rotatable bonds is 7. The SMILES string of the molecule is CCOC(=O)c1nn(-c2ccc(S(=O)(=O)[O-])cc2)c(O)c1/N=N/c1ccc(S(=O)(=O)[O-])c2ccccc12.[Na+].[Na+]. The second kappa shape index (κ2) is 13.0. The zero-order valence-corrected chi connectivity index (χ0v) is 26.4. The van der Waals surface area contributed by atoms with E-state index in [9.17, 15) is 35.8 Å². The van der Waals surface area contributed by atoms with E-state index < -0.39 is 53.3 Å². The monoisotopic (exact) mass is 590 g/mol. The topological polar surface area (TPSA) is 203 Å². The summed E-state index contributed by atoms with van der Waals surface area (Å²) in [4.78, 5) is 11.5. The summed E-state index contributed by atoms with van der Waals surface area (Å²) in [5.41, 5.74) is -0.613. The maximum atomic E-state index is 12.5. The van der Waals surface area contributed by atoms with Gasteiger partial charge >= 0.3 is 65.1 Å². The molecular formula is C22H16N4Na2O9S2. The van der Waals surface area contributed by atoms with Gasteiger partial charge in [0.05, 0.1) is 27.8 Å². The van der Waals surface area contributed by atoms with Gasteiger partial charge in [-0.05, 0) is 43.3 Å². The van der Waals surface area contributed by atoms with Gasteiger partial charge in [0.1, 0.15) is 20.2 Å². The van der Waals surface area contributed by atoms with Gasteiger partial charge in [0.2, 0.25) is 11.6 Å². The van der Waals surface area contributed by atoms with Crippen molar-refractivity contribution < 1.29 is 99.7 Å². The standard InChI is InChI=1S/C22H18N4O9S2.2Na/c1-2-35-22(28)20-19(21(27)26(25-20)13-7-9-14(10-8-13)36(29,30)31)24-23-17-11-12-18(37(32,33)34)16-6-4-3-5-15(16)17;;/h3-12,27H,2H2,1H3,(H,29,30,31)(H,32,33,34);;/q;2*+1/p-2/b24-23+;;.